The Balaban J connectivity index is 1.39. The number of anilines is 1. The first-order valence-electron chi connectivity index (χ1n) is 10.1. The highest BCUT2D eigenvalue weighted by molar-refractivity contribution is 5.92. The van der Waals surface area contributed by atoms with Gasteiger partial charge in [-0.15, -0.1) is 0 Å². The summed E-state index contributed by atoms with van der Waals surface area (Å²) >= 11 is 0. The molecule has 0 aliphatic carbocycles. The quantitative estimate of drug-likeness (QED) is 0.691. The summed E-state index contributed by atoms with van der Waals surface area (Å²) in [5, 5.41) is 4.81. The number of hydrogen-bond donors (Lipinski definition) is 2. The molecule has 3 aromatic heterocycles. The molecule has 2 amide bonds. The van der Waals surface area contributed by atoms with Crippen LogP contribution in [0.15, 0.2) is 35.1 Å². The van der Waals surface area contributed by atoms with Crippen LogP contribution in [0.2, 0.25) is 0 Å². The van der Waals surface area contributed by atoms with Crippen molar-refractivity contribution in [1.29, 1.82) is 0 Å². The normalized spacial score (nSPS) is 23.9. The van der Waals surface area contributed by atoms with Crippen molar-refractivity contribution in [3.8, 4) is 11.5 Å². The highest BCUT2D eigenvalue weighted by Gasteiger charge is 2.39. The lowest BCUT2D eigenvalue weighted by Gasteiger charge is -2.47. The topological polar surface area (TPSA) is 110 Å². The maximum absolute atomic E-state index is 13.0. The molecule has 2 saturated heterocycles. The molecule has 2 aliphatic rings. The van der Waals surface area contributed by atoms with Crippen molar-refractivity contribution in [2.24, 2.45) is 5.73 Å². The first-order valence-corrected chi connectivity index (χ1v) is 10.1. The van der Waals surface area contributed by atoms with Gasteiger partial charge in [0.1, 0.15) is 11.5 Å². The van der Waals surface area contributed by atoms with Crippen molar-refractivity contribution in [2.45, 2.75) is 57.2 Å². The van der Waals surface area contributed by atoms with Crippen LogP contribution in [0.3, 0.4) is 0 Å². The number of hydrogen-bond acceptors (Lipinski definition) is 6. The van der Waals surface area contributed by atoms with Crippen LogP contribution in [-0.4, -0.2) is 44.0 Å². The van der Waals surface area contributed by atoms with Crippen molar-refractivity contribution in [1.82, 2.24) is 19.9 Å². The maximum atomic E-state index is 13.0. The summed E-state index contributed by atoms with van der Waals surface area (Å²) in [6, 6.07) is 4.35. The van der Waals surface area contributed by atoms with Crippen LogP contribution in [0, 0.1) is 6.92 Å². The minimum Gasteiger partial charge on any atom is -0.439 e. The van der Waals surface area contributed by atoms with E-state index in [2.05, 4.69) is 20.3 Å². The van der Waals surface area contributed by atoms with Gasteiger partial charge in [-0.3, -0.25) is 10.3 Å². The van der Waals surface area contributed by atoms with E-state index in [1.807, 2.05) is 17.0 Å². The zero-order valence-electron chi connectivity index (χ0n) is 16.3. The molecule has 2 aliphatic heterocycles. The number of nitrogens with zero attached hydrogens (tertiary/aromatic N) is 4. The molecule has 8 nitrogen and oxygen atoms in total. The predicted molar refractivity (Wildman–Crippen MR) is 109 cm³/mol. The number of aromatic nitrogens is 3. The van der Waals surface area contributed by atoms with Crippen LogP contribution in [0.1, 0.15) is 38.0 Å². The largest absolute Gasteiger partial charge is 0.439 e. The number of urea groups is 1. The molecule has 3 atom stereocenters. The van der Waals surface area contributed by atoms with E-state index in [-0.39, 0.29) is 24.2 Å². The Morgan fingerprint density at radius 3 is 2.59 bits per heavy atom. The summed E-state index contributed by atoms with van der Waals surface area (Å²) < 4.78 is 5.57. The lowest BCUT2D eigenvalue weighted by atomic mass is 9.82. The van der Waals surface area contributed by atoms with Crippen molar-refractivity contribution in [2.75, 3.05) is 5.32 Å². The van der Waals surface area contributed by atoms with E-state index in [9.17, 15) is 4.79 Å². The van der Waals surface area contributed by atoms with Gasteiger partial charge in [-0.1, -0.05) is 0 Å². The van der Waals surface area contributed by atoms with Crippen LogP contribution in [0.5, 0.6) is 0 Å². The molecule has 29 heavy (non-hydrogen) atoms. The van der Waals surface area contributed by atoms with Crippen molar-refractivity contribution in [3.05, 3.63) is 36.6 Å². The Hall–Kier alpha value is -3.00. The number of carbonyl (C=O) groups is 1. The zero-order valence-corrected chi connectivity index (χ0v) is 16.3. The lowest BCUT2D eigenvalue weighted by molar-refractivity contribution is 0.0692. The van der Waals surface area contributed by atoms with Crippen LogP contribution in [-0.2, 0) is 0 Å². The highest BCUT2D eigenvalue weighted by atomic mass is 16.4. The third kappa shape index (κ3) is 3.44. The number of amides is 2. The Labute approximate surface area is 168 Å². The second kappa shape index (κ2) is 7.11. The van der Waals surface area contributed by atoms with Crippen LogP contribution >= 0.6 is 0 Å². The molecule has 0 saturated carbocycles. The number of piperidine rings is 2. The fourth-order valence-corrected chi connectivity index (χ4v) is 4.65. The Bertz CT molecular complexity index is 1050. The van der Waals surface area contributed by atoms with E-state index in [1.165, 1.54) is 0 Å². The first-order chi connectivity index (χ1) is 14.1. The molecule has 3 aromatic rings. The monoisotopic (exact) mass is 392 g/mol. The second-order valence-electron chi connectivity index (χ2n) is 8.04. The second-order valence-corrected chi connectivity index (χ2v) is 8.04. The van der Waals surface area contributed by atoms with Crippen LogP contribution in [0.25, 0.3) is 22.2 Å². The first kappa shape index (κ1) is 18.1. The summed E-state index contributed by atoms with van der Waals surface area (Å²) in [7, 11) is 0. The minimum atomic E-state index is -0.0846. The molecule has 3 N–H and O–H groups in total. The highest BCUT2D eigenvalue weighted by Crippen LogP contribution is 2.34. The van der Waals surface area contributed by atoms with E-state index in [4.69, 9.17) is 10.2 Å². The fraction of sp³-hybridized carbons (Fsp3) is 0.429. The van der Waals surface area contributed by atoms with E-state index in [0.29, 0.717) is 23.2 Å². The van der Waals surface area contributed by atoms with Crippen molar-refractivity contribution >= 4 is 22.6 Å². The van der Waals surface area contributed by atoms with Gasteiger partial charge in [-0.2, -0.15) is 0 Å². The minimum absolute atomic E-state index is 0.0846. The van der Waals surface area contributed by atoms with Gasteiger partial charge < -0.3 is 15.1 Å². The molecule has 5 heterocycles. The third-order valence-electron chi connectivity index (χ3n) is 5.96. The molecule has 0 aromatic carbocycles. The number of oxazole rings is 1. The molecule has 2 bridgehead atoms. The standard InChI is InChI=1S/C21H24N6O2/c1-12-23-11-19(29-12)18-5-13-6-20(25-10-14(13)9-24-18)26-21(28)27-16-3-2-4-17(27)8-15(22)7-16/h5-6,9-11,15-17H,2-4,7-8,22H2,1H3,(H,25,26,28)/t15?,16-,17+. The van der Waals surface area contributed by atoms with Gasteiger partial charge in [0, 0.05) is 42.8 Å². The molecule has 150 valence electrons. The van der Waals surface area contributed by atoms with Gasteiger partial charge >= 0.3 is 6.03 Å². The van der Waals surface area contributed by atoms with Crippen molar-refractivity contribution in [3.63, 3.8) is 0 Å². The molecule has 8 heteroatoms. The smallest absolute Gasteiger partial charge is 0.323 e. The van der Waals surface area contributed by atoms with E-state index >= 15 is 0 Å². The van der Waals surface area contributed by atoms with Gasteiger partial charge in [-0.05, 0) is 49.6 Å². The SMILES string of the molecule is Cc1ncc(-c2cc3cc(NC(=O)N4[C@@H]5CCC[C@H]4CC(N)C5)ncc3cn2)o1. The van der Waals surface area contributed by atoms with Gasteiger partial charge in [0.05, 0.1) is 6.20 Å². The fourth-order valence-electron chi connectivity index (χ4n) is 4.65. The predicted octanol–water partition coefficient (Wildman–Crippen LogP) is 3.47. The molecule has 1 unspecified atom stereocenters. The van der Waals surface area contributed by atoms with Crippen molar-refractivity contribution < 1.29 is 9.21 Å². The molecule has 2 fully saturated rings. The summed E-state index contributed by atoms with van der Waals surface area (Å²) in [6.07, 6.45) is 10.1. The molecular weight excluding hydrogens is 368 g/mol. The summed E-state index contributed by atoms with van der Waals surface area (Å²) in [5.41, 5.74) is 6.87. The van der Waals surface area contributed by atoms with Crippen LogP contribution in [0.4, 0.5) is 10.6 Å². The number of fused-ring (bicyclic) bond motifs is 3. The zero-order chi connectivity index (χ0) is 20.0. The average Bonchev–Trinajstić information content (AvgIpc) is 3.13. The lowest BCUT2D eigenvalue weighted by Crippen LogP contribution is -2.58. The molecule has 0 radical (unpaired) electrons. The summed E-state index contributed by atoms with van der Waals surface area (Å²) in [6.45, 7) is 1.80. The van der Waals surface area contributed by atoms with E-state index < -0.39 is 0 Å². The number of nitrogens with two attached hydrogens (primary N) is 1. The number of nitrogens with one attached hydrogen (secondary N) is 1. The summed E-state index contributed by atoms with van der Waals surface area (Å²) in [5.74, 6) is 1.74. The van der Waals surface area contributed by atoms with Gasteiger partial charge in [0.2, 0.25) is 0 Å². The van der Waals surface area contributed by atoms with Gasteiger partial charge in [0.15, 0.2) is 11.7 Å². The molecule has 5 rings (SSSR count). The summed E-state index contributed by atoms with van der Waals surface area (Å²) in [4.78, 5) is 27.9. The Morgan fingerprint density at radius 2 is 1.86 bits per heavy atom. The number of pyridine rings is 2. The number of carbonyl (C=O) groups excluding carboxylic acids is 1. The Morgan fingerprint density at radius 1 is 1.10 bits per heavy atom. The van der Waals surface area contributed by atoms with Crippen LogP contribution < -0.4 is 11.1 Å². The van der Waals surface area contributed by atoms with Gasteiger partial charge in [0.25, 0.3) is 0 Å². The Kier molecular flexibility index (Phi) is 4.43. The third-order valence-corrected chi connectivity index (χ3v) is 5.96. The average molecular weight is 392 g/mol. The number of rotatable bonds is 2. The number of aryl methyl sites for hydroxylation is 1. The van der Waals surface area contributed by atoms with E-state index in [1.54, 1.807) is 25.5 Å². The maximum Gasteiger partial charge on any atom is 0.323 e. The van der Waals surface area contributed by atoms with E-state index in [0.717, 1.165) is 42.9 Å². The molecular formula is C21H24N6O2. The molecule has 0 spiro atoms. The van der Waals surface area contributed by atoms with Gasteiger partial charge in [-0.25, -0.2) is 14.8 Å².